The Morgan fingerprint density at radius 3 is 2.38 bits per heavy atom. The number of aromatic carboxylic acids is 1. The van der Waals surface area contributed by atoms with Crippen LogP contribution in [0, 0.1) is 0 Å². The third-order valence-corrected chi connectivity index (χ3v) is 6.31. The van der Waals surface area contributed by atoms with Crippen LogP contribution in [0.4, 0.5) is 17.1 Å². The van der Waals surface area contributed by atoms with E-state index in [1.807, 2.05) is 18.2 Å². The quantitative estimate of drug-likeness (QED) is 0.380. The Balaban J connectivity index is 1.50. The molecule has 3 aromatic carbocycles. The van der Waals surface area contributed by atoms with Crippen LogP contribution in [0.25, 0.3) is 0 Å². The molecule has 4 N–H and O–H groups in total. The molecule has 0 saturated carbocycles. The van der Waals surface area contributed by atoms with Crippen LogP contribution in [0.1, 0.15) is 54.3 Å². The monoisotopic (exact) mass is 498 g/mol. The molecule has 1 saturated heterocycles. The number of para-hydroxylation sites is 1. The maximum Gasteiger partial charge on any atom is 0.335 e. The van der Waals surface area contributed by atoms with Gasteiger partial charge in [-0.25, -0.2) is 9.69 Å². The van der Waals surface area contributed by atoms with Gasteiger partial charge in [0.15, 0.2) is 0 Å². The van der Waals surface area contributed by atoms with Gasteiger partial charge in [0.2, 0.25) is 5.91 Å². The van der Waals surface area contributed by atoms with E-state index < -0.39 is 35.6 Å². The number of nitrogens with zero attached hydrogens (tertiary/aromatic N) is 1. The minimum absolute atomic E-state index is 0.0372. The average Bonchev–Trinajstić information content (AvgIpc) is 3.52. The van der Waals surface area contributed by atoms with Crippen LogP contribution in [-0.4, -0.2) is 47.3 Å². The average molecular weight is 498 g/mol. The summed E-state index contributed by atoms with van der Waals surface area (Å²) in [5, 5.41) is 17.8. The second kappa shape index (κ2) is 9.67. The van der Waals surface area contributed by atoms with Gasteiger partial charge in [-0.15, -0.1) is 0 Å². The number of fused-ring (bicyclic) bond motifs is 1. The third-order valence-electron chi connectivity index (χ3n) is 6.31. The van der Waals surface area contributed by atoms with E-state index in [1.54, 1.807) is 18.2 Å². The fourth-order valence-electron chi connectivity index (χ4n) is 4.43. The third kappa shape index (κ3) is 4.57. The number of carbonyl (C=O) groups is 5. The van der Waals surface area contributed by atoms with Crippen molar-refractivity contribution >= 4 is 46.7 Å². The number of rotatable bonds is 6. The highest BCUT2D eigenvalue weighted by Gasteiger charge is 2.38. The van der Waals surface area contributed by atoms with Crippen LogP contribution < -0.4 is 20.9 Å². The van der Waals surface area contributed by atoms with Crippen LogP contribution in [0.5, 0.6) is 0 Å². The van der Waals surface area contributed by atoms with E-state index in [0.717, 1.165) is 17.4 Å². The topological polar surface area (TPSA) is 145 Å². The number of hydrogen-bond acceptors (Lipinski definition) is 7. The summed E-state index contributed by atoms with van der Waals surface area (Å²) in [5.74, 6) is -3.72. The maximum absolute atomic E-state index is 13.2. The van der Waals surface area contributed by atoms with Crippen molar-refractivity contribution in [2.75, 3.05) is 16.8 Å². The minimum atomic E-state index is -1.22. The Morgan fingerprint density at radius 2 is 1.68 bits per heavy atom. The molecule has 2 aliphatic rings. The fraction of sp³-hybridized carbons (Fsp3) is 0.148. The molecule has 0 spiro atoms. The van der Waals surface area contributed by atoms with Crippen molar-refractivity contribution in [1.82, 2.24) is 10.6 Å². The molecular weight excluding hydrogens is 476 g/mol. The Hall–Kier alpha value is -4.83. The smallest absolute Gasteiger partial charge is 0.335 e. The summed E-state index contributed by atoms with van der Waals surface area (Å²) in [4.78, 5) is 64.3. The number of amides is 4. The summed E-state index contributed by atoms with van der Waals surface area (Å²) in [7, 11) is 0. The molecule has 1 atom stereocenters. The van der Waals surface area contributed by atoms with Crippen LogP contribution in [0.15, 0.2) is 66.7 Å². The Bertz CT molecular complexity index is 1450. The maximum atomic E-state index is 13.2. The van der Waals surface area contributed by atoms with Gasteiger partial charge in [0.05, 0.1) is 39.7 Å². The SMILES string of the molecule is O=C(O)c1ccc2c(c1)C(=O)N(c1ccc(Nc3ccccc3)c(C(=O)NC(=O)[C@@H]3CCCN3)c1)C2=O. The number of benzene rings is 3. The van der Waals surface area contributed by atoms with Gasteiger partial charge in [-0.05, 0) is 67.9 Å². The standard InChI is InChI=1S/C27H22N4O6/c32-23(30-24(33)22-7-4-12-28-22)20-14-17(9-11-21(20)29-16-5-2-1-3-6-16)31-25(34)18-10-8-15(27(36)37)13-19(18)26(31)35/h1-3,5-6,8-11,13-14,22,28-29H,4,7,12H2,(H,36,37)(H,30,32,33)/t22-/m0/s1. The van der Waals surface area contributed by atoms with E-state index in [1.165, 1.54) is 24.3 Å². The predicted molar refractivity (Wildman–Crippen MR) is 134 cm³/mol. The largest absolute Gasteiger partial charge is 0.478 e. The van der Waals surface area contributed by atoms with Crippen molar-refractivity contribution < 1.29 is 29.1 Å². The highest BCUT2D eigenvalue weighted by molar-refractivity contribution is 6.35. The lowest BCUT2D eigenvalue weighted by Crippen LogP contribution is -2.43. The summed E-state index contributed by atoms with van der Waals surface area (Å²) in [6.07, 6.45) is 1.44. The number of hydrogen-bond donors (Lipinski definition) is 4. The van der Waals surface area contributed by atoms with Gasteiger partial charge in [0, 0.05) is 5.69 Å². The van der Waals surface area contributed by atoms with E-state index in [4.69, 9.17) is 0 Å². The van der Waals surface area contributed by atoms with Crippen molar-refractivity contribution in [2.45, 2.75) is 18.9 Å². The van der Waals surface area contributed by atoms with Crippen LogP contribution in [0.3, 0.4) is 0 Å². The molecule has 4 amide bonds. The highest BCUT2D eigenvalue weighted by Crippen LogP contribution is 2.32. The lowest BCUT2D eigenvalue weighted by molar-refractivity contribution is -0.121. The van der Waals surface area contributed by atoms with Crippen molar-refractivity contribution in [3.63, 3.8) is 0 Å². The number of carbonyl (C=O) groups excluding carboxylic acids is 4. The van der Waals surface area contributed by atoms with E-state index >= 15 is 0 Å². The first-order valence-corrected chi connectivity index (χ1v) is 11.6. The molecule has 2 aliphatic heterocycles. The first kappa shape index (κ1) is 23.9. The lowest BCUT2D eigenvalue weighted by atomic mass is 10.1. The summed E-state index contributed by atoms with van der Waals surface area (Å²) in [6.45, 7) is 0.686. The molecule has 2 heterocycles. The number of anilines is 3. The second-order valence-corrected chi connectivity index (χ2v) is 8.70. The first-order chi connectivity index (χ1) is 17.8. The molecule has 10 heteroatoms. The van der Waals surface area contributed by atoms with Gasteiger partial charge in [-0.3, -0.25) is 24.5 Å². The van der Waals surface area contributed by atoms with Gasteiger partial charge in [0.1, 0.15) is 0 Å². The lowest BCUT2D eigenvalue weighted by Gasteiger charge is -2.18. The zero-order chi connectivity index (χ0) is 26.1. The Kier molecular flexibility index (Phi) is 6.24. The van der Waals surface area contributed by atoms with Gasteiger partial charge in [0.25, 0.3) is 17.7 Å². The summed E-state index contributed by atoms with van der Waals surface area (Å²) >= 11 is 0. The Morgan fingerprint density at radius 1 is 0.919 bits per heavy atom. The van der Waals surface area contributed by atoms with Gasteiger partial charge < -0.3 is 15.7 Å². The van der Waals surface area contributed by atoms with E-state index in [2.05, 4.69) is 16.0 Å². The molecule has 0 aromatic heterocycles. The van der Waals surface area contributed by atoms with Gasteiger partial charge >= 0.3 is 5.97 Å². The number of carboxylic acid groups (broad SMARTS) is 1. The number of imide groups is 2. The summed E-state index contributed by atoms with van der Waals surface area (Å²) < 4.78 is 0. The molecule has 0 aliphatic carbocycles. The molecule has 37 heavy (non-hydrogen) atoms. The van der Waals surface area contributed by atoms with Gasteiger partial charge in [-0.1, -0.05) is 18.2 Å². The van der Waals surface area contributed by atoms with Crippen LogP contribution in [-0.2, 0) is 4.79 Å². The van der Waals surface area contributed by atoms with E-state index in [9.17, 15) is 29.1 Å². The predicted octanol–water partition coefficient (Wildman–Crippen LogP) is 2.94. The van der Waals surface area contributed by atoms with Crippen molar-refractivity contribution in [1.29, 1.82) is 0 Å². The fourth-order valence-corrected chi connectivity index (χ4v) is 4.43. The molecule has 0 bridgehead atoms. The van der Waals surface area contributed by atoms with Crippen LogP contribution >= 0.6 is 0 Å². The highest BCUT2D eigenvalue weighted by atomic mass is 16.4. The number of carboxylic acids is 1. The second-order valence-electron chi connectivity index (χ2n) is 8.70. The summed E-state index contributed by atoms with van der Waals surface area (Å²) in [5.41, 5.74) is 1.12. The zero-order valence-corrected chi connectivity index (χ0v) is 19.5. The molecule has 0 radical (unpaired) electrons. The molecule has 186 valence electrons. The van der Waals surface area contributed by atoms with Gasteiger partial charge in [-0.2, -0.15) is 0 Å². The summed E-state index contributed by atoms with van der Waals surface area (Å²) in [6, 6.07) is 16.7. The minimum Gasteiger partial charge on any atom is -0.478 e. The number of nitrogens with one attached hydrogen (secondary N) is 3. The van der Waals surface area contributed by atoms with Crippen molar-refractivity contribution in [3.05, 3.63) is 89.0 Å². The van der Waals surface area contributed by atoms with Crippen LogP contribution in [0.2, 0.25) is 0 Å². The van der Waals surface area contributed by atoms with E-state index in [0.29, 0.717) is 24.3 Å². The zero-order valence-electron chi connectivity index (χ0n) is 19.5. The van der Waals surface area contributed by atoms with E-state index in [-0.39, 0.29) is 27.9 Å². The molecule has 3 aromatic rings. The van der Waals surface area contributed by atoms with Crippen molar-refractivity contribution in [2.24, 2.45) is 0 Å². The Labute approximate surface area is 211 Å². The van der Waals surface area contributed by atoms with Crippen molar-refractivity contribution in [3.8, 4) is 0 Å². The molecular formula is C27H22N4O6. The molecule has 0 unspecified atom stereocenters. The molecule has 5 rings (SSSR count). The first-order valence-electron chi connectivity index (χ1n) is 11.6. The normalized spacial score (nSPS) is 16.4. The molecule has 10 nitrogen and oxygen atoms in total. The molecule has 1 fully saturated rings.